The highest BCUT2D eigenvalue weighted by molar-refractivity contribution is 7.17. The van der Waals surface area contributed by atoms with Crippen LogP contribution in [0.25, 0.3) is 55.3 Å². The minimum atomic E-state index is -0.470. The second kappa shape index (κ2) is 9.99. The summed E-state index contributed by atoms with van der Waals surface area (Å²) in [4.78, 5) is 34.4. The number of H-pyrrole nitrogens is 2. The summed E-state index contributed by atoms with van der Waals surface area (Å²) >= 11 is 1.39. The van der Waals surface area contributed by atoms with Gasteiger partial charge in [-0.25, -0.2) is 19.3 Å². The highest BCUT2D eigenvalue weighted by atomic mass is 32.1. The molecule has 0 radical (unpaired) electrons. The second-order valence-electron chi connectivity index (χ2n) is 9.71. The van der Waals surface area contributed by atoms with Crippen molar-refractivity contribution in [2.24, 2.45) is 5.92 Å². The van der Waals surface area contributed by atoms with E-state index in [4.69, 9.17) is 4.98 Å². The van der Waals surface area contributed by atoms with E-state index < -0.39 is 5.82 Å². The molecule has 0 aliphatic heterocycles. The standard InChI is InChI=1S/C28H25FN8OS/c1-14(2)6-8-31-17-10-16(11-30-12-17)19-13-33-26-22(23(19)29)25(36-37-26)28-34-24-18(7-9-32-27(24)35-28)21-5-4-20(39-21)15(3)38/h4-5,7,9-14,31H,6,8H2,1-3H3,(H,32,34,35)(H,33,36,37). The lowest BCUT2D eigenvalue weighted by Crippen LogP contribution is -2.05. The smallest absolute Gasteiger partial charge is 0.169 e. The van der Waals surface area contributed by atoms with Gasteiger partial charge < -0.3 is 10.3 Å². The third-order valence-corrected chi connectivity index (χ3v) is 7.67. The minimum absolute atomic E-state index is 0.00751. The number of Topliss-reactive ketones (excluding diaryl/α,β-unsaturated/α-hetero) is 1. The Kier molecular flexibility index (Phi) is 6.35. The van der Waals surface area contributed by atoms with E-state index in [2.05, 4.69) is 49.3 Å². The van der Waals surface area contributed by atoms with E-state index >= 15 is 4.39 Å². The van der Waals surface area contributed by atoms with E-state index in [-0.39, 0.29) is 11.2 Å². The summed E-state index contributed by atoms with van der Waals surface area (Å²) in [5.41, 5.74) is 4.31. The van der Waals surface area contributed by atoms with Crippen LogP contribution < -0.4 is 5.32 Å². The molecule has 6 aromatic rings. The molecule has 3 N–H and O–H groups in total. The number of nitrogens with one attached hydrogen (secondary N) is 3. The predicted molar refractivity (Wildman–Crippen MR) is 151 cm³/mol. The van der Waals surface area contributed by atoms with Crippen molar-refractivity contribution in [3.63, 3.8) is 0 Å². The molecule has 6 aromatic heterocycles. The third-order valence-electron chi connectivity index (χ3n) is 6.45. The number of ketones is 1. The SMILES string of the molecule is CC(=O)c1ccc(-c2ccnc3[nH]c(-c4n[nH]c5ncc(-c6cncc(NCCC(C)C)c6)c(F)c45)nc23)s1. The summed E-state index contributed by atoms with van der Waals surface area (Å²) in [5.74, 6) is 0.473. The molecule has 0 atom stereocenters. The van der Waals surface area contributed by atoms with Crippen LogP contribution in [0.3, 0.4) is 0 Å². The second-order valence-corrected chi connectivity index (χ2v) is 10.8. The molecule has 0 amide bonds. The van der Waals surface area contributed by atoms with Gasteiger partial charge in [0.05, 0.1) is 16.0 Å². The first-order valence-corrected chi connectivity index (χ1v) is 13.4. The molecule has 196 valence electrons. The van der Waals surface area contributed by atoms with Crippen molar-refractivity contribution in [1.29, 1.82) is 0 Å². The van der Waals surface area contributed by atoms with Crippen molar-refractivity contribution in [2.75, 3.05) is 11.9 Å². The number of aromatic nitrogens is 7. The molecule has 0 bridgehead atoms. The van der Waals surface area contributed by atoms with E-state index in [9.17, 15) is 4.79 Å². The van der Waals surface area contributed by atoms with Gasteiger partial charge in [0.15, 0.2) is 22.9 Å². The molecule has 9 nitrogen and oxygen atoms in total. The number of aromatic amines is 2. The number of pyridine rings is 3. The van der Waals surface area contributed by atoms with E-state index in [1.165, 1.54) is 17.5 Å². The lowest BCUT2D eigenvalue weighted by Gasteiger charge is -2.10. The van der Waals surface area contributed by atoms with Gasteiger partial charge in [-0.15, -0.1) is 11.3 Å². The van der Waals surface area contributed by atoms with Crippen molar-refractivity contribution < 1.29 is 9.18 Å². The van der Waals surface area contributed by atoms with Gasteiger partial charge in [0.2, 0.25) is 0 Å². The Balaban J connectivity index is 1.40. The molecule has 0 fully saturated rings. The molecule has 0 aliphatic carbocycles. The molecule has 6 heterocycles. The predicted octanol–water partition coefficient (Wildman–Crippen LogP) is 6.49. The number of fused-ring (bicyclic) bond motifs is 2. The summed E-state index contributed by atoms with van der Waals surface area (Å²) in [6.07, 6.45) is 7.51. The van der Waals surface area contributed by atoms with Crippen LogP contribution in [-0.4, -0.2) is 47.4 Å². The van der Waals surface area contributed by atoms with Gasteiger partial charge in [-0.3, -0.25) is 14.9 Å². The maximum absolute atomic E-state index is 16.1. The number of carbonyl (C=O) groups excluding carboxylic acids is 1. The number of nitrogens with zero attached hydrogens (tertiary/aromatic N) is 5. The van der Waals surface area contributed by atoms with E-state index in [1.807, 2.05) is 18.2 Å². The highest BCUT2D eigenvalue weighted by Gasteiger charge is 2.22. The largest absolute Gasteiger partial charge is 0.384 e. The summed E-state index contributed by atoms with van der Waals surface area (Å²) in [6, 6.07) is 7.41. The van der Waals surface area contributed by atoms with Gasteiger partial charge in [-0.2, -0.15) is 5.10 Å². The zero-order valence-corrected chi connectivity index (χ0v) is 22.4. The number of thiophene rings is 1. The lowest BCUT2D eigenvalue weighted by molar-refractivity contribution is 0.102. The van der Waals surface area contributed by atoms with Gasteiger partial charge in [-0.05, 0) is 43.5 Å². The van der Waals surface area contributed by atoms with Crippen molar-refractivity contribution >= 4 is 45.0 Å². The molecule has 0 saturated heterocycles. The third kappa shape index (κ3) is 4.65. The van der Waals surface area contributed by atoms with Crippen LogP contribution in [0.5, 0.6) is 0 Å². The van der Waals surface area contributed by atoms with Crippen molar-refractivity contribution in [2.45, 2.75) is 27.2 Å². The number of rotatable bonds is 8. The Morgan fingerprint density at radius 3 is 2.77 bits per heavy atom. The van der Waals surface area contributed by atoms with Gasteiger partial charge in [0.1, 0.15) is 17.0 Å². The molecule has 0 spiro atoms. The van der Waals surface area contributed by atoms with Crippen molar-refractivity contribution in [3.05, 3.63) is 59.7 Å². The fraction of sp³-hybridized carbons (Fsp3) is 0.214. The van der Waals surface area contributed by atoms with Crippen LogP contribution in [0.4, 0.5) is 10.1 Å². The molecular weight excluding hydrogens is 515 g/mol. The number of anilines is 1. The average Bonchev–Trinajstić information content (AvgIpc) is 3.66. The maximum atomic E-state index is 16.1. The topological polar surface area (TPSA) is 125 Å². The van der Waals surface area contributed by atoms with Crippen LogP contribution in [-0.2, 0) is 0 Å². The Hall–Kier alpha value is -4.51. The summed E-state index contributed by atoms with van der Waals surface area (Å²) in [6.45, 7) is 6.68. The summed E-state index contributed by atoms with van der Waals surface area (Å²) in [7, 11) is 0. The van der Waals surface area contributed by atoms with Crippen LogP contribution in [0.15, 0.2) is 49.1 Å². The zero-order chi connectivity index (χ0) is 27.1. The minimum Gasteiger partial charge on any atom is -0.384 e. The summed E-state index contributed by atoms with van der Waals surface area (Å²) in [5, 5.41) is 10.7. The Morgan fingerprint density at radius 2 is 1.97 bits per heavy atom. The lowest BCUT2D eigenvalue weighted by atomic mass is 10.1. The molecule has 0 unspecified atom stereocenters. The maximum Gasteiger partial charge on any atom is 0.169 e. The Bertz CT molecular complexity index is 1840. The first-order chi connectivity index (χ1) is 18.9. The van der Waals surface area contributed by atoms with Crippen molar-refractivity contribution in [1.82, 2.24) is 35.1 Å². The quantitative estimate of drug-likeness (QED) is 0.189. The molecule has 6 rings (SSSR count). The molecule has 39 heavy (non-hydrogen) atoms. The van der Waals surface area contributed by atoms with Gasteiger partial charge in [0, 0.05) is 52.9 Å². The molecule has 0 saturated carbocycles. The Morgan fingerprint density at radius 1 is 1.10 bits per heavy atom. The van der Waals surface area contributed by atoms with Crippen LogP contribution in [0, 0.1) is 11.7 Å². The zero-order valence-electron chi connectivity index (χ0n) is 21.5. The van der Waals surface area contributed by atoms with Crippen LogP contribution in [0.1, 0.15) is 36.9 Å². The number of hydrogen-bond donors (Lipinski definition) is 3. The van der Waals surface area contributed by atoms with E-state index in [0.717, 1.165) is 29.1 Å². The number of carbonyl (C=O) groups is 1. The van der Waals surface area contributed by atoms with E-state index in [0.29, 0.717) is 50.3 Å². The molecule has 0 aliphatic rings. The first kappa shape index (κ1) is 24.8. The normalized spacial score (nSPS) is 11.6. The average molecular weight is 541 g/mol. The fourth-order valence-electron chi connectivity index (χ4n) is 4.41. The van der Waals surface area contributed by atoms with Crippen LogP contribution in [0.2, 0.25) is 0 Å². The molecular formula is C28H25FN8OS. The van der Waals surface area contributed by atoms with Gasteiger partial charge in [-0.1, -0.05) is 13.8 Å². The van der Waals surface area contributed by atoms with Crippen molar-refractivity contribution in [3.8, 4) is 33.1 Å². The molecule has 11 heteroatoms. The van der Waals surface area contributed by atoms with Crippen LogP contribution >= 0.6 is 11.3 Å². The van der Waals surface area contributed by atoms with E-state index in [1.54, 1.807) is 31.6 Å². The molecule has 0 aromatic carbocycles. The number of hydrogen-bond acceptors (Lipinski definition) is 8. The number of halogens is 1. The highest BCUT2D eigenvalue weighted by Crippen LogP contribution is 2.36. The first-order valence-electron chi connectivity index (χ1n) is 12.6. The fourth-order valence-corrected chi connectivity index (χ4v) is 5.34. The monoisotopic (exact) mass is 540 g/mol. The Labute approximate surface area is 227 Å². The number of imidazole rings is 1. The van der Waals surface area contributed by atoms with Gasteiger partial charge in [0.25, 0.3) is 0 Å². The summed E-state index contributed by atoms with van der Waals surface area (Å²) < 4.78 is 16.1. The van der Waals surface area contributed by atoms with Gasteiger partial charge >= 0.3 is 0 Å².